The fraction of sp³-hybridized carbons (Fsp3) is 0.0952. The van der Waals surface area contributed by atoms with Gasteiger partial charge >= 0.3 is 146 Å². The van der Waals surface area contributed by atoms with Crippen LogP contribution in [0.25, 0.3) is 0 Å². The van der Waals surface area contributed by atoms with Gasteiger partial charge in [0.2, 0.25) is 0 Å². The Morgan fingerprint density at radius 1 is 0.826 bits per heavy atom. The van der Waals surface area contributed by atoms with Crippen LogP contribution in [-0.4, -0.2) is 20.6 Å². The molecule has 113 valence electrons. The van der Waals surface area contributed by atoms with Crippen molar-refractivity contribution < 1.29 is 0 Å². The first-order valence-corrected chi connectivity index (χ1v) is 8.52. The Labute approximate surface area is 145 Å². The van der Waals surface area contributed by atoms with Gasteiger partial charge in [0.1, 0.15) is 0 Å². The second kappa shape index (κ2) is 7.41. The zero-order chi connectivity index (χ0) is 16.1. The van der Waals surface area contributed by atoms with Crippen molar-refractivity contribution in [3.63, 3.8) is 0 Å². The summed E-state index contributed by atoms with van der Waals surface area (Å²) in [5, 5.41) is 0. The van der Waals surface area contributed by atoms with E-state index < -0.39 is 0 Å². The maximum absolute atomic E-state index is 4.73. The molecule has 0 amide bonds. The fourth-order valence-corrected chi connectivity index (χ4v) is 3.13. The molecular formula is C21H18NSe. The number of rotatable bonds is 4. The SMILES string of the molecule is Cc1ccc(N=C([Se])c2ccccc2Cc2ccccc2)cc1. The summed E-state index contributed by atoms with van der Waals surface area (Å²) in [7, 11) is 0. The van der Waals surface area contributed by atoms with Crippen LogP contribution >= 0.6 is 0 Å². The van der Waals surface area contributed by atoms with Crippen molar-refractivity contribution in [2.45, 2.75) is 13.3 Å². The quantitative estimate of drug-likeness (QED) is 0.465. The molecule has 0 aliphatic heterocycles. The predicted octanol–water partition coefficient (Wildman–Crippen LogP) is 4.83. The van der Waals surface area contributed by atoms with Crippen LogP contribution < -0.4 is 0 Å². The van der Waals surface area contributed by atoms with E-state index in [0.717, 1.165) is 22.3 Å². The van der Waals surface area contributed by atoms with Crippen LogP contribution in [0.15, 0.2) is 83.9 Å². The molecule has 0 saturated heterocycles. The summed E-state index contributed by atoms with van der Waals surface area (Å²) in [6, 6.07) is 27.2. The van der Waals surface area contributed by atoms with Gasteiger partial charge in [-0.1, -0.05) is 0 Å². The minimum absolute atomic E-state index is 0.908. The van der Waals surface area contributed by atoms with Gasteiger partial charge < -0.3 is 0 Å². The zero-order valence-electron chi connectivity index (χ0n) is 13.1. The molecule has 0 atom stereocenters. The molecule has 0 aliphatic rings. The van der Waals surface area contributed by atoms with E-state index in [-0.39, 0.29) is 0 Å². The van der Waals surface area contributed by atoms with Crippen molar-refractivity contribution in [2.24, 2.45) is 4.99 Å². The Bertz CT molecular complexity index is 805. The van der Waals surface area contributed by atoms with Crippen molar-refractivity contribution >= 4 is 26.3 Å². The molecule has 2 heteroatoms. The van der Waals surface area contributed by atoms with Gasteiger partial charge in [-0.05, 0) is 0 Å². The number of benzene rings is 3. The van der Waals surface area contributed by atoms with Crippen molar-refractivity contribution in [3.05, 3.63) is 101 Å². The molecule has 1 radical (unpaired) electrons. The molecule has 3 rings (SSSR count). The van der Waals surface area contributed by atoms with E-state index in [4.69, 9.17) is 4.99 Å². The number of nitrogens with zero attached hydrogens (tertiary/aromatic N) is 1. The second-order valence-corrected chi connectivity index (χ2v) is 6.38. The average molecular weight is 363 g/mol. The summed E-state index contributed by atoms with van der Waals surface area (Å²) < 4.78 is 0.931. The standard InChI is InChI=1S/C21H18NSe/c1-16-11-13-19(14-12-16)22-21(23)20-10-6-5-9-18(20)15-17-7-3-2-4-8-17/h2-14H,15H2,1H3. The van der Waals surface area contributed by atoms with E-state index >= 15 is 0 Å². The van der Waals surface area contributed by atoms with E-state index in [9.17, 15) is 0 Å². The van der Waals surface area contributed by atoms with Crippen molar-refractivity contribution in [1.82, 2.24) is 0 Å². The molecule has 0 spiro atoms. The Morgan fingerprint density at radius 3 is 2.22 bits per heavy atom. The first kappa shape index (κ1) is 15.7. The molecule has 0 heterocycles. The van der Waals surface area contributed by atoms with Crippen LogP contribution in [-0.2, 0) is 6.42 Å². The molecule has 23 heavy (non-hydrogen) atoms. The van der Waals surface area contributed by atoms with Gasteiger partial charge in [-0.15, -0.1) is 0 Å². The van der Waals surface area contributed by atoms with Crippen molar-refractivity contribution in [3.8, 4) is 0 Å². The van der Waals surface area contributed by atoms with Crippen LogP contribution in [0.1, 0.15) is 22.3 Å². The molecule has 0 aromatic heterocycles. The van der Waals surface area contributed by atoms with E-state index in [0.29, 0.717) is 0 Å². The van der Waals surface area contributed by atoms with Crippen LogP contribution in [0, 0.1) is 6.92 Å². The third kappa shape index (κ3) is 4.19. The predicted molar refractivity (Wildman–Crippen MR) is 98.8 cm³/mol. The van der Waals surface area contributed by atoms with Crippen LogP contribution in [0.4, 0.5) is 5.69 Å². The van der Waals surface area contributed by atoms with Gasteiger partial charge in [-0.25, -0.2) is 0 Å². The Balaban J connectivity index is 1.91. The first-order valence-electron chi connectivity index (χ1n) is 7.67. The fourth-order valence-electron chi connectivity index (χ4n) is 2.50. The maximum atomic E-state index is 4.73. The molecule has 0 unspecified atom stereocenters. The van der Waals surface area contributed by atoms with E-state index in [1.165, 1.54) is 16.7 Å². The van der Waals surface area contributed by atoms with E-state index in [1.807, 2.05) is 18.2 Å². The van der Waals surface area contributed by atoms with Crippen molar-refractivity contribution in [2.75, 3.05) is 0 Å². The van der Waals surface area contributed by atoms with Gasteiger partial charge in [-0.3, -0.25) is 0 Å². The van der Waals surface area contributed by atoms with Crippen molar-refractivity contribution in [1.29, 1.82) is 0 Å². The number of hydrogen-bond donors (Lipinski definition) is 0. The van der Waals surface area contributed by atoms with E-state index in [1.54, 1.807) is 0 Å². The van der Waals surface area contributed by atoms with Crippen LogP contribution in [0.3, 0.4) is 0 Å². The average Bonchev–Trinajstić information content (AvgIpc) is 2.58. The van der Waals surface area contributed by atoms with Gasteiger partial charge in [0.25, 0.3) is 0 Å². The third-order valence-corrected chi connectivity index (χ3v) is 4.40. The number of aryl methyl sites for hydroxylation is 1. The van der Waals surface area contributed by atoms with Gasteiger partial charge in [0.15, 0.2) is 0 Å². The molecule has 3 aromatic rings. The minimum atomic E-state index is 0.908. The van der Waals surface area contributed by atoms with E-state index in [2.05, 4.69) is 83.6 Å². The van der Waals surface area contributed by atoms with Gasteiger partial charge in [0, 0.05) is 0 Å². The zero-order valence-corrected chi connectivity index (χ0v) is 14.8. The normalized spacial score (nSPS) is 11.4. The molecule has 0 N–H and O–H groups in total. The number of hydrogen-bond acceptors (Lipinski definition) is 1. The summed E-state index contributed by atoms with van der Waals surface area (Å²) in [4.78, 5) is 4.73. The van der Waals surface area contributed by atoms with Gasteiger partial charge in [-0.2, -0.15) is 0 Å². The first-order chi connectivity index (χ1) is 11.2. The summed E-state index contributed by atoms with van der Waals surface area (Å²) in [5.41, 5.74) is 5.97. The Morgan fingerprint density at radius 2 is 1.48 bits per heavy atom. The Kier molecular flexibility index (Phi) is 5.07. The van der Waals surface area contributed by atoms with Crippen LogP contribution in [0.5, 0.6) is 0 Å². The summed E-state index contributed by atoms with van der Waals surface area (Å²) >= 11 is 3.13. The molecular weight excluding hydrogens is 345 g/mol. The number of aliphatic imine (C=N–C) groups is 1. The molecule has 3 aromatic carbocycles. The van der Waals surface area contributed by atoms with Gasteiger partial charge in [0.05, 0.1) is 0 Å². The monoisotopic (exact) mass is 364 g/mol. The summed E-state index contributed by atoms with van der Waals surface area (Å²) in [6.07, 6.45) is 0.908. The molecule has 1 nitrogen and oxygen atoms in total. The third-order valence-electron chi connectivity index (χ3n) is 3.75. The summed E-state index contributed by atoms with van der Waals surface area (Å²) in [5.74, 6) is 0. The van der Waals surface area contributed by atoms with Crippen LogP contribution in [0.2, 0.25) is 0 Å². The topological polar surface area (TPSA) is 12.4 Å². The summed E-state index contributed by atoms with van der Waals surface area (Å²) in [6.45, 7) is 2.08. The molecule has 0 bridgehead atoms. The Hall–Kier alpha value is -2.15. The molecule has 0 aliphatic carbocycles. The molecule has 0 fully saturated rings. The second-order valence-electron chi connectivity index (χ2n) is 5.57. The molecule has 0 saturated carbocycles.